The van der Waals surface area contributed by atoms with Crippen LogP contribution in [0.2, 0.25) is 0 Å². The minimum atomic E-state index is -1.31. The Hall–Kier alpha value is -2.16. The molecule has 4 unspecified atom stereocenters. The normalized spacial score (nSPS) is 24.9. The summed E-state index contributed by atoms with van der Waals surface area (Å²) in [5, 5.41) is 0. The summed E-state index contributed by atoms with van der Waals surface area (Å²) >= 11 is 0. The van der Waals surface area contributed by atoms with Crippen LogP contribution < -0.4 is 15.5 Å². The molecular weight excluding hydrogens is 408 g/mol. The van der Waals surface area contributed by atoms with Crippen LogP contribution in [0, 0.1) is 0 Å². The van der Waals surface area contributed by atoms with E-state index in [4.69, 9.17) is 30.2 Å². The molecule has 0 saturated carbocycles. The fourth-order valence-electron chi connectivity index (χ4n) is 4.35. The molecule has 3 aliphatic rings. The summed E-state index contributed by atoms with van der Waals surface area (Å²) in [6, 6.07) is 2.02. The Bertz CT molecular complexity index is 912. The third kappa shape index (κ3) is 3.68. The lowest BCUT2D eigenvalue weighted by molar-refractivity contribution is 0.0897. The number of halogens is 1. The summed E-state index contributed by atoms with van der Waals surface area (Å²) in [7, 11) is 2.16. The van der Waals surface area contributed by atoms with Crippen LogP contribution in [-0.2, 0) is 9.47 Å². The van der Waals surface area contributed by atoms with Crippen LogP contribution in [0.15, 0.2) is 12.3 Å². The SMILES string of the molecule is Nc1cc(C(F)P)c(-c2nc(N3CCOCC3)nc(N3C4CCC3COC4)n2)cn1. The maximum Gasteiger partial charge on any atom is 0.231 e. The highest BCUT2D eigenvalue weighted by atomic mass is 31.0. The fourth-order valence-corrected chi connectivity index (χ4v) is 4.63. The van der Waals surface area contributed by atoms with Crippen LogP contribution in [0.4, 0.5) is 22.1 Å². The summed E-state index contributed by atoms with van der Waals surface area (Å²) in [5.74, 6) is 0.537. The van der Waals surface area contributed by atoms with Crippen molar-refractivity contribution in [3.8, 4) is 11.4 Å². The van der Waals surface area contributed by atoms with Gasteiger partial charge in [-0.05, 0) is 18.9 Å². The lowest BCUT2D eigenvalue weighted by Crippen LogP contribution is -2.47. The molecule has 9 nitrogen and oxygen atoms in total. The minimum Gasteiger partial charge on any atom is -0.384 e. The Morgan fingerprint density at radius 1 is 1.07 bits per heavy atom. The number of aromatic nitrogens is 4. The van der Waals surface area contributed by atoms with E-state index >= 15 is 0 Å². The number of fused-ring (bicyclic) bond motifs is 2. The molecule has 11 heteroatoms. The number of hydrogen-bond donors (Lipinski definition) is 1. The Kier molecular flexibility index (Phi) is 5.39. The van der Waals surface area contributed by atoms with Crippen LogP contribution in [-0.4, -0.2) is 71.5 Å². The third-order valence-corrected chi connectivity index (χ3v) is 6.23. The molecule has 3 aliphatic heterocycles. The number of nitrogens with two attached hydrogens (primary N) is 1. The number of morpholine rings is 2. The average Bonchev–Trinajstić information content (AvgIpc) is 3.02. The number of anilines is 3. The summed E-state index contributed by atoms with van der Waals surface area (Å²) in [5.41, 5.74) is 6.71. The predicted molar refractivity (Wildman–Crippen MR) is 114 cm³/mol. The summed E-state index contributed by atoms with van der Waals surface area (Å²) in [6.45, 7) is 3.95. The number of ether oxygens (including phenoxy) is 2. The van der Waals surface area contributed by atoms with Crippen molar-refractivity contribution >= 4 is 27.0 Å². The van der Waals surface area contributed by atoms with E-state index in [2.05, 4.69) is 24.0 Å². The number of alkyl halides is 1. The molecule has 2 aromatic heterocycles. The molecule has 30 heavy (non-hydrogen) atoms. The molecular formula is C19H25FN7O2P. The molecule has 3 fully saturated rings. The van der Waals surface area contributed by atoms with E-state index in [0.29, 0.717) is 68.4 Å². The van der Waals surface area contributed by atoms with Crippen molar-refractivity contribution in [3.05, 3.63) is 17.8 Å². The van der Waals surface area contributed by atoms with Crippen LogP contribution >= 0.6 is 9.24 Å². The van der Waals surface area contributed by atoms with E-state index in [-0.39, 0.29) is 17.9 Å². The van der Waals surface area contributed by atoms with Crippen LogP contribution in [0.5, 0.6) is 0 Å². The van der Waals surface area contributed by atoms with Crippen LogP contribution in [0.1, 0.15) is 24.3 Å². The number of nitrogens with zero attached hydrogens (tertiary/aromatic N) is 6. The maximum atomic E-state index is 14.4. The van der Waals surface area contributed by atoms with E-state index in [1.54, 1.807) is 0 Å². The van der Waals surface area contributed by atoms with Gasteiger partial charge in [0.05, 0.1) is 38.5 Å². The van der Waals surface area contributed by atoms with E-state index in [0.717, 1.165) is 12.8 Å². The Balaban J connectivity index is 1.62. The molecule has 4 atom stereocenters. The van der Waals surface area contributed by atoms with Gasteiger partial charge in [-0.1, -0.05) is 9.24 Å². The van der Waals surface area contributed by atoms with Crippen molar-refractivity contribution in [1.29, 1.82) is 0 Å². The summed E-state index contributed by atoms with van der Waals surface area (Å²) in [4.78, 5) is 22.8. The molecule has 5 rings (SSSR count). The highest BCUT2D eigenvalue weighted by Crippen LogP contribution is 2.36. The van der Waals surface area contributed by atoms with Gasteiger partial charge in [-0.15, -0.1) is 0 Å². The topological polar surface area (TPSA) is 103 Å². The number of rotatable bonds is 4. The molecule has 0 aromatic carbocycles. The highest BCUT2D eigenvalue weighted by Gasteiger charge is 2.39. The van der Waals surface area contributed by atoms with Crippen molar-refractivity contribution < 1.29 is 13.9 Å². The lowest BCUT2D eigenvalue weighted by atomic mass is 10.1. The van der Waals surface area contributed by atoms with Crippen molar-refractivity contribution in [3.63, 3.8) is 0 Å². The van der Waals surface area contributed by atoms with Crippen LogP contribution in [0.3, 0.4) is 0 Å². The first-order valence-corrected chi connectivity index (χ1v) is 10.9. The van der Waals surface area contributed by atoms with E-state index in [1.165, 1.54) is 12.3 Å². The first kappa shape index (κ1) is 19.8. The lowest BCUT2D eigenvalue weighted by Gasteiger charge is -2.35. The first-order chi connectivity index (χ1) is 14.6. The molecule has 0 radical (unpaired) electrons. The average molecular weight is 433 g/mol. The van der Waals surface area contributed by atoms with Gasteiger partial charge in [0, 0.05) is 30.4 Å². The number of pyridine rings is 1. The van der Waals surface area contributed by atoms with Crippen molar-refractivity contribution in [1.82, 2.24) is 19.9 Å². The molecule has 5 heterocycles. The van der Waals surface area contributed by atoms with Gasteiger partial charge in [0.2, 0.25) is 11.9 Å². The van der Waals surface area contributed by atoms with Crippen LogP contribution in [0.25, 0.3) is 11.4 Å². The second-order valence-electron chi connectivity index (χ2n) is 7.79. The van der Waals surface area contributed by atoms with E-state index in [1.807, 2.05) is 0 Å². The number of nitrogen functional groups attached to an aromatic ring is 1. The summed E-state index contributed by atoms with van der Waals surface area (Å²) in [6.07, 6.45) is 3.63. The molecule has 0 amide bonds. The van der Waals surface area contributed by atoms with Gasteiger partial charge < -0.3 is 25.0 Å². The van der Waals surface area contributed by atoms with Crippen molar-refractivity contribution in [2.45, 2.75) is 30.8 Å². The monoisotopic (exact) mass is 433 g/mol. The number of hydrogen-bond acceptors (Lipinski definition) is 9. The molecule has 2 aromatic rings. The Morgan fingerprint density at radius 3 is 2.47 bits per heavy atom. The zero-order chi connectivity index (χ0) is 20.7. The Labute approximate surface area is 176 Å². The Morgan fingerprint density at radius 2 is 1.77 bits per heavy atom. The highest BCUT2D eigenvalue weighted by molar-refractivity contribution is 7.16. The second kappa shape index (κ2) is 8.17. The maximum absolute atomic E-state index is 14.4. The van der Waals surface area contributed by atoms with Crippen molar-refractivity contribution in [2.75, 3.05) is 55.1 Å². The second-order valence-corrected chi connectivity index (χ2v) is 8.37. The minimum absolute atomic E-state index is 0.246. The van der Waals surface area contributed by atoms with E-state index < -0.39 is 5.91 Å². The van der Waals surface area contributed by atoms with Gasteiger partial charge >= 0.3 is 0 Å². The summed E-state index contributed by atoms with van der Waals surface area (Å²) < 4.78 is 25.6. The largest absolute Gasteiger partial charge is 0.384 e. The van der Waals surface area contributed by atoms with E-state index in [9.17, 15) is 4.39 Å². The van der Waals surface area contributed by atoms with Crippen molar-refractivity contribution in [2.24, 2.45) is 0 Å². The molecule has 2 bridgehead atoms. The van der Waals surface area contributed by atoms with Gasteiger partial charge in [-0.25, -0.2) is 9.37 Å². The van der Waals surface area contributed by atoms with Gasteiger partial charge in [0.25, 0.3) is 0 Å². The van der Waals surface area contributed by atoms with Gasteiger partial charge in [-0.3, -0.25) is 0 Å². The molecule has 160 valence electrons. The third-order valence-electron chi connectivity index (χ3n) is 5.87. The quantitative estimate of drug-likeness (QED) is 0.720. The fraction of sp³-hybridized carbons (Fsp3) is 0.579. The smallest absolute Gasteiger partial charge is 0.231 e. The van der Waals surface area contributed by atoms with Gasteiger partial charge in [-0.2, -0.15) is 15.0 Å². The first-order valence-electron chi connectivity index (χ1n) is 10.2. The molecule has 0 aliphatic carbocycles. The van der Waals surface area contributed by atoms with Gasteiger partial charge in [0.1, 0.15) is 11.7 Å². The molecule has 3 saturated heterocycles. The zero-order valence-corrected chi connectivity index (χ0v) is 17.7. The molecule has 0 spiro atoms. The molecule has 2 N–H and O–H groups in total. The predicted octanol–water partition coefficient (Wildman–Crippen LogP) is 1.56. The zero-order valence-electron chi connectivity index (χ0n) is 16.6. The van der Waals surface area contributed by atoms with Gasteiger partial charge in [0.15, 0.2) is 5.82 Å². The standard InChI is InChI=1S/C19H25FN7O2P/c20-16(30)13-7-15(21)22-8-14(13)17-23-18(26-3-5-28-6-4-26)25-19(24-17)27-11-1-2-12(27)10-29-9-11/h7-8,11-12,16H,1-6,9-10,30H2,(H2,21,22).